The molecule has 0 saturated carbocycles. The summed E-state index contributed by atoms with van der Waals surface area (Å²) in [6.07, 6.45) is 4.77. The Balaban J connectivity index is 2.06. The number of nitrogens with zero attached hydrogens (tertiary/aromatic N) is 2. The summed E-state index contributed by atoms with van der Waals surface area (Å²) in [5.74, 6) is 0.112. The third-order valence-corrected chi connectivity index (χ3v) is 3.50. The molecule has 2 rings (SSSR count). The highest BCUT2D eigenvalue weighted by atomic mass is 32.1. The summed E-state index contributed by atoms with van der Waals surface area (Å²) in [6, 6.07) is 0. The Morgan fingerprint density at radius 1 is 1.33 bits per heavy atom. The van der Waals surface area contributed by atoms with Crippen molar-refractivity contribution in [2.45, 2.75) is 32.6 Å². The Morgan fingerprint density at radius 3 is 2.53 bits per heavy atom. The maximum Gasteiger partial charge on any atom is 0.273 e. The number of rotatable bonds is 1. The first-order chi connectivity index (χ1) is 7.27. The van der Waals surface area contributed by atoms with E-state index < -0.39 is 0 Å². The zero-order valence-electron chi connectivity index (χ0n) is 9.03. The van der Waals surface area contributed by atoms with Crippen LogP contribution in [0.5, 0.6) is 0 Å². The van der Waals surface area contributed by atoms with Gasteiger partial charge < -0.3 is 4.90 Å². The van der Waals surface area contributed by atoms with E-state index in [9.17, 15) is 4.79 Å². The SMILES string of the molecule is Cc1nc(C(=O)N2CCCCCC2)cs1. The van der Waals surface area contributed by atoms with Crippen molar-refractivity contribution in [1.29, 1.82) is 0 Å². The zero-order chi connectivity index (χ0) is 10.7. The lowest BCUT2D eigenvalue weighted by atomic mass is 10.2. The zero-order valence-corrected chi connectivity index (χ0v) is 9.85. The van der Waals surface area contributed by atoms with Crippen molar-refractivity contribution in [3.05, 3.63) is 16.1 Å². The average Bonchev–Trinajstić information content (AvgIpc) is 2.53. The van der Waals surface area contributed by atoms with Gasteiger partial charge in [0.05, 0.1) is 5.01 Å². The molecular weight excluding hydrogens is 208 g/mol. The maximum atomic E-state index is 12.0. The fourth-order valence-electron chi connectivity index (χ4n) is 1.90. The standard InChI is InChI=1S/C11H16N2OS/c1-9-12-10(8-15-9)11(14)13-6-4-2-3-5-7-13/h8H,2-7H2,1H3. The van der Waals surface area contributed by atoms with Gasteiger partial charge in [-0.2, -0.15) is 0 Å². The lowest BCUT2D eigenvalue weighted by Crippen LogP contribution is -2.32. The van der Waals surface area contributed by atoms with Gasteiger partial charge in [0, 0.05) is 18.5 Å². The third kappa shape index (κ3) is 2.56. The van der Waals surface area contributed by atoms with Crippen molar-refractivity contribution < 1.29 is 4.79 Å². The molecule has 4 heteroatoms. The van der Waals surface area contributed by atoms with Crippen molar-refractivity contribution in [1.82, 2.24) is 9.88 Å². The second-order valence-electron chi connectivity index (χ2n) is 3.96. The molecule has 3 nitrogen and oxygen atoms in total. The minimum atomic E-state index is 0.112. The monoisotopic (exact) mass is 224 g/mol. The van der Waals surface area contributed by atoms with Gasteiger partial charge in [-0.25, -0.2) is 4.98 Å². The van der Waals surface area contributed by atoms with E-state index in [1.807, 2.05) is 17.2 Å². The quantitative estimate of drug-likeness (QED) is 0.734. The van der Waals surface area contributed by atoms with E-state index in [0.717, 1.165) is 30.9 Å². The Kier molecular flexibility index (Phi) is 3.36. The summed E-state index contributed by atoms with van der Waals surface area (Å²) in [7, 11) is 0. The number of hydrogen-bond donors (Lipinski definition) is 0. The molecule has 1 fully saturated rings. The summed E-state index contributed by atoms with van der Waals surface area (Å²) >= 11 is 1.54. The first kappa shape index (κ1) is 10.6. The van der Waals surface area contributed by atoms with Gasteiger partial charge in [-0.1, -0.05) is 12.8 Å². The van der Waals surface area contributed by atoms with Crippen LogP contribution in [0.3, 0.4) is 0 Å². The number of likely N-dealkylation sites (tertiary alicyclic amines) is 1. The largest absolute Gasteiger partial charge is 0.337 e. The predicted octanol–water partition coefficient (Wildman–Crippen LogP) is 2.47. The number of carbonyl (C=O) groups excluding carboxylic acids is 1. The van der Waals surface area contributed by atoms with Crippen LogP contribution in [0.2, 0.25) is 0 Å². The van der Waals surface area contributed by atoms with E-state index in [1.165, 1.54) is 12.8 Å². The molecule has 1 aliphatic heterocycles. The first-order valence-corrected chi connectivity index (χ1v) is 6.37. The van der Waals surface area contributed by atoms with E-state index in [2.05, 4.69) is 4.98 Å². The molecule has 0 atom stereocenters. The van der Waals surface area contributed by atoms with Crippen LogP contribution in [0.15, 0.2) is 5.38 Å². The van der Waals surface area contributed by atoms with Crippen molar-refractivity contribution in [2.75, 3.05) is 13.1 Å². The van der Waals surface area contributed by atoms with Gasteiger partial charge in [-0.05, 0) is 19.8 Å². The fraction of sp³-hybridized carbons (Fsp3) is 0.636. The van der Waals surface area contributed by atoms with Crippen LogP contribution >= 0.6 is 11.3 Å². The smallest absolute Gasteiger partial charge is 0.273 e. The highest BCUT2D eigenvalue weighted by molar-refractivity contribution is 7.09. The Labute approximate surface area is 94.1 Å². The van der Waals surface area contributed by atoms with Gasteiger partial charge in [-0.3, -0.25) is 4.79 Å². The van der Waals surface area contributed by atoms with E-state index in [-0.39, 0.29) is 5.91 Å². The van der Waals surface area contributed by atoms with Gasteiger partial charge in [-0.15, -0.1) is 11.3 Å². The summed E-state index contributed by atoms with van der Waals surface area (Å²) < 4.78 is 0. The summed E-state index contributed by atoms with van der Waals surface area (Å²) in [4.78, 5) is 18.2. The molecule has 82 valence electrons. The van der Waals surface area contributed by atoms with Gasteiger partial charge in [0.25, 0.3) is 5.91 Å². The molecule has 0 spiro atoms. The molecule has 1 aromatic rings. The Morgan fingerprint density at radius 2 is 2.00 bits per heavy atom. The average molecular weight is 224 g/mol. The van der Waals surface area contributed by atoms with Crippen LogP contribution < -0.4 is 0 Å². The molecule has 1 aliphatic rings. The molecule has 1 amide bonds. The third-order valence-electron chi connectivity index (χ3n) is 2.73. The van der Waals surface area contributed by atoms with Crippen LogP contribution in [0, 0.1) is 6.92 Å². The van der Waals surface area contributed by atoms with Crippen molar-refractivity contribution in [3.8, 4) is 0 Å². The Bertz CT molecular complexity index is 340. The lowest BCUT2D eigenvalue weighted by molar-refractivity contribution is 0.0756. The minimum Gasteiger partial charge on any atom is -0.337 e. The molecule has 1 saturated heterocycles. The summed E-state index contributed by atoms with van der Waals surface area (Å²) in [5.41, 5.74) is 0.624. The van der Waals surface area contributed by atoms with E-state index in [1.54, 1.807) is 11.3 Å². The molecule has 0 N–H and O–H groups in total. The number of carbonyl (C=O) groups is 1. The molecule has 1 aromatic heterocycles. The van der Waals surface area contributed by atoms with Crippen LogP contribution in [0.4, 0.5) is 0 Å². The first-order valence-electron chi connectivity index (χ1n) is 5.49. The second kappa shape index (κ2) is 4.75. The van der Waals surface area contributed by atoms with Gasteiger partial charge in [0.2, 0.25) is 0 Å². The molecular formula is C11H16N2OS. The number of aromatic nitrogens is 1. The topological polar surface area (TPSA) is 33.2 Å². The van der Waals surface area contributed by atoms with Crippen molar-refractivity contribution in [2.24, 2.45) is 0 Å². The Hall–Kier alpha value is -0.900. The van der Waals surface area contributed by atoms with Crippen molar-refractivity contribution >= 4 is 17.2 Å². The number of hydrogen-bond acceptors (Lipinski definition) is 3. The highest BCUT2D eigenvalue weighted by Gasteiger charge is 2.18. The predicted molar refractivity (Wildman–Crippen MR) is 61.2 cm³/mol. The molecule has 2 heterocycles. The molecule has 0 unspecified atom stereocenters. The fourth-order valence-corrected chi connectivity index (χ4v) is 2.48. The molecule has 0 aliphatic carbocycles. The van der Waals surface area contributed by atoms with Gasteiger partial charge in [0.1, 0.15) is 5.69 Å². The minimum absolute atomic E-state index is 0.112. The van der Waals surface area contributed by atoms with Crippen LogP contribution in [0.25, 0.3) is 0 Å². The summed E-state index contributed by atoms with van der Waals surface area (Å²) in [5, 5.41) is 2.83. The van der Waals surface area contributed by atoms with Crippen LogP contribution in [0.1, 0.15) is 41.2 Å². The van der Waals surface area contributed by atoms with Gasteiger partial charge in [0.15, 0.2) is 0 Å². The normalized spacial score (nSPS) is 17.5. The van der Waals surface area contributed by atoms with E-state index in [0.29, 0.717) is 5.69 Å². The molecule has 0 aromatic carbocycles. The molecule has 0 radical (unpaired) electrons. The molecule has 15 heavy (non-hydrogen) atoms. The summed E-state index contributed by atoms with van der Waals surface area (Å²) in [6.45, 7) is 3.73. The van der Waals surface area contributed by atoms with Crippen LogP contribution in [-0.2, 0) is 0 Å². The van der Waals surface area contributed by atoms with Gasteiger partial charge >= 0.3 is 0 Å². The number of thiazole rings is 1. The second-order valence-corrected chi connectivity index (χ2v) is 5.02. The lowest BCUT2D eigenvalue weighted by Gasteiger charge is -2.18. The number of amides is 1. The number of aryl methyl sites for hydroxylation is 1. The van der Waals surface area contributed by atoms with Crippen molar-refractivity contribution in [3.63, 3.8) is 0 Å². The highest BCUT2D eigenvalue weighted by Crippen LogP contribution is 2.15. The molecule has 0 bridgehead atoms. The van der Waals surface area contributed by atoms with E-state index >= 15 is 0 Å². The maximum absolute atomic E-state index is 12.0. The van der Waals surface area contributed by atoms with E-state index in [4.69, 9.17) is 0 Å². The van der Waals surface area contributed by atoms with Crippen LogP contribution in [-0.4, -0.2) is 28.9 Å².